The molecule has 0 spiro atoms. The maximum Gasteiger partial charge on any atom is 0.212 e. The van der Waals surface area contributed by atoms with Crippen molar-refractivity contribution in [3.8, 4) is 0 Å². The van der Waals surface area contributed by atoms with Crippen LogP contribution in [0.4, 0.5) is 0 Å². The minimum Gasteiger partial charge on any atom is -0.375 e. The third-order valence-electron chi connectivity index (χ3n) is 2.83. The first-order valence-electron chi connectivity index (χ1n) is 6.38. The molecular formula is C13H22NO3PS. The van der Waals surface area contributed by atoms with Gasteiger partial charge in [-0.2, -0.15) is 0 Å². The van der Waals surface area contributed by atoms with Crippen molar-refractivity contribution in [1.29, 1.82) is 0 Å². The van der Waals surface area contributed by atoms with Gasteiger partial charge in [0.2, 0.25) is 10.0 Å². The van der Waals surface area contributed by atoms with Gasteiger partial charge in [-0.25, -0.2) is 13.1 Å². The molecular weight excluding hydrogens is 281 g/mol. The summed E-state index contributed by atoms with van der Waals surface area (Å²) < 4.78 is 26.3. The molecule has 2 atom stereocenters. The smallest absolute Gasteiger partial charge is 0.212 e. The molecule has 1 aromatic rings. The van der Waals surface area contributed by atoms with Gasteiger partial charge in [0.1, 0.15) is 0 Å². The fraction of sp³-hybridized carbons (Fsp3) is 0.538. The molecule has 6 heteroatoms. The van der Waals surface area contributed by atoms with Crippen molar-refractivity contribution in [3.05, 3.63) is 35.9 Å². The van der Waals surface area contributed by atoms with Crippen LogP contribution in [0.3, 0.4) is 0 Å². The van der Waals surface area contributed by atoms with E-state index in [-0.39, 0.29) is 17.5 Å². The average molecular weight is 303 g/mol. The summed E-state index contributed by atoms with van der Waals surface area (Å²) in [5.74, 6) is -0.191. The maximum absolute atomic E-state index is 11.9. The van der Waals surface area contributed by atoms with Crippen molar-refractivity contribution in [3.63, 3.8) is 0 Å². The third-order valence-corrected chi connectivity index (χ3v) is 5.57. The first-order valence-corrected chi connectivity index (χ1v) is 9.06. The van der Waals surface area contributed by atoms with Crippen molar-refractivity contribution in [1.82, 2.24) is 4.72 Å². The first-order chi connectivity index (χ1) is 8.94. The van der Waals surface area contributed by atoms with Gasteiger partial charge in [0.05, 0.1) is 11.5 Å². The lowest BCUT2D eigenvalue weighted by Crippen LogP contribution is -2.36. The number of sulfonamides is 1. The second-order valence-electron chi connectivity index (χ2n) is 4.88. The van der Waals surface area contributed by atoms with E-state index in [4.69, 9.17) is 4.89 Å². The molecule has 1 rings (SSSR count). The highest BCUT2D eigenvalue weighted by Crippen LogP contribution is 2.20. The van der Waals surface area contributed by atoms with E-state index in [2.05, 4.69) is 4.72 Å². The molecule has 2 N–H and O–H groups in total. The normalized spacial score (nSPS) is 14.3. The molecule has 108 valence electrons. The van der Waals surface area contributed by atoms with E-state index < -0.39 is 18.8 Å². The molecule has 0 aliphatic carbocycles. The molecule has 0 aromatic heterocycles. The highest BCUT2D eigenvalue weighted by molar-refractivity contribution is 7.89. The Hall–Kier alpha value is -0.480. The standard InChI is InChI=1S/C13H22NO3PS/c1-11(2)13(18-15)14-19(16,17)10-6-9-12-7-4-3-5-8-12/h3-5,7-8,11,13-15,18H,6,9-10H2,1-2H3. The van der Waals surface area contributed by atoms with Crippen molar-refractivity contribution in [2.45, 2.75) is 32.5 Å². The number of hydrogen-bond donors (Lipinski definition) is 2. The summed E-state index contributed by atoms with van der Waals surface area (Å²) in [4.78, 5) is 9.16. The van der Waals surface area contributed by atoms with E-state index >= 15 is 0 Å². The van der Waals surface area contributed by atoms with Crippen LogP contribution in [0.1, 0.15) is 25.8 Å². The van der Waals surface area contributed by atoms with E-state index in [1.54, 1.807) is 0 Å². The topological polar surface area (TPSA) is 66.4 Å². The summed E-state index contributed by atoms with van der Waals surface area (Å²) in [5, 5.41) is 0. The largest absolute Gasteiger partial charge is 0.375 e. The third kappa shape index (κ3) is 6.48. The fourth-order valence-electron chi connectivity index (χ4n) is 1.67. The predicted molar refractivity (Wildman–Crippen MR) is 80.8 cm³/mol. The van der Waals surface area contributed by atoms with Crippen molar-refractivity contribution < 1.29 is 13.3 Å². The van der Waals surface area contributed by atoms with E-state index in [0.29, 0.717) is 6.42 Å². The Bertz CT molecular complexity index is 462. The molecule has 0 amide bonds. The van der Waals surface area contributed by atoms with E-state index in [1.165, 1.54) is 0 Å². The summed E-state index contributed by atoms with van der Waals surface area (Å²) >= 11 is 0. The fourth-order valence-corrected chi connectivity index (χ4v) is 4.02. The van der Waals surface area contributed by atoms with Gasteiger partial charge in [-0.15, -0.1) is 0 Å². The van der Waals surface area contributed by atoms with Crippen LogP contribution in [0, 0.1) is 5.92 Å². The Balaban J connectivity index is 2.43. The predicted octanol–water partition coefficient (Wildman–Crippen LogP) is 2.11. The van der Waals surface area contributed by atoms with Gasteiger partial charge in [-0.1, -0.05) is 44.2 Å². The van der Waals surface area contributed by atoms with Crippen LogP contribution >= 0.6 is 8.81 Å². The number of hydrogen-bond acceptors (Lipinski definition) is 3. The maximum atomic E-state index is 11.9. The summed E-state index contributed by atoms with van der Waals surface area (Å²) in [6, 6.07) is 9.82. The first kappa shape index (κ1) is 16.6. The van der Waals surface area contributed by atoms with Crippen LogP contribution in [-0.2, 0) is 16.4 Å². The van der Waals surface area contributed by atoms with Gasteiger partial charge in [-0.3, -0.25) is 0 Å². The van der Waals surface area contributed by atoms with Gasteiger partial charge >= 0.3 is 0 Å². The summed E-state index contributed by atoms with van der Waals surface area (Å²) in [5.41, 5.74) is 1.14. The number of rotatable bonds is 8. The average Bonchev–Trinajstić information content (AvgIpc) is 2.37. The quantitative estimate of drug-likeness (QED) is 0.723. The van der Waals surface area contributed by atoms with Crippen molar-refractivity contribution in [2.24, 2.45) is 5.92 Å². The second-order valence-corrected chi connectivity index (χ2v) is 7.63. The van der Waals surface area contributed by atoms with Gasteiger partial charge in [0.25, 0.3) is 0 Å². The van der Waals surface area contributed by atoms with Crippen LogP contribution in [0.5, 0.6) is 0 Å². The number of aryl methyl sites for hydroxylation is 1. The van der Waals surface area contributed by atoms with Crippen LogP contribution in [-0.4, -0.2) is 24.8 Å². The lowest BCUT2D eigenvalue weighted by molar-refractivity contribution is 0.515. The molecule has 4 nitrogen and oxygen atoms in total. The Labute approximate surface area is 117 Å². The monoisotopic (exact) mass is 303 g/mol. The molecule has 0 bridgehead atoms. The van der Waals surface area contributed by atoms with Crippen LogP contribution < -0.4 is 4.72 Å². The van der Waals surface area contributed by atoms with Gasteiger partial charge in [-0.05, 0) is 24.3 Å². The minimum atomic E-state index is -3.31. The molecule has 19 heavy (non-hydrogen) atoms. The SMILES string of the molecule is CC(C)C(NS(=O)(=O)CCCc1ccccc1)PO. The summed E-state index contributed by atoms with van der Waals surface area (Å²) in [7, 11) is -3.72. The van der Waals surface area contributed by atoms with Crippen LogP contribution in [0.15, 0.2) is 30.3 Å². The highest BCUT2D eigenvalue weighted by Gasteiger charge is 2.19. The Kier molecular flexibility index (Phi) is 6.94. The Morgan fingerprint density at radius 3 is 2.42 bits per heavy atom. The molecule has 0 fully saturated rings. The summed E-state index contributed by atoms with van der Waals surface area (Å²) in [6.45, 7) is 3.78. The molecule has 0 aliphatic heterocycles. The zero-order chi connectivity index (χ0) is 14.3. The molecule has 0 saturated carbocycles. The van der Waals surface area contributed by atoms with Crippen LogP contribution in [0.25, 0.3) is 0 Å². The zero-order valence-corrected chi connectivity index (χ0v) is 13.2. The van der Waals surface area contributed by atoms with Gasteiger partial charge in [0, 0.05) is 8.81 Å². The molecule has 0 heterocycles. The number of nitrogens with one attached hydrogen (secondary N) is 1. The molecule has 0 aliphatic rings. The van der Waals surface area contributed by atoms with Gasteiger partial charge < -0.3 is 4.89 Å². The number of benzene rings is 1. The molecule has 0 radical (unpaired) electrons. The van der Waals surface area contributed by atoms with Crippen molar-refractivity contribution in [2.75, 3.05) is 5.75 Å². The van der Waals surface area contributed by atoms with Gasteiger partial charge in [0.15, 0.2) is 0 Å². The second kappa shape index (κ2) is 7.95. The molecule has 1 aromatic carbocycles. The van der Waals surface area contributed by atoms with Crippen molar-refractivity contribution >= 4 is 18.8 Å². The van der Waals surface area contributed by atoms with E-state index in [1.807, 2.05) is 44.2 Å². The molecule has 0 saturated heterocycles. The molecule has 2 unspecified atom stereocenters. The Morgan fingerprint density at radius 1 is 1.26 bits per heavy atom. The van der Waals surface area contributed by atoms with Crippen LogP contribution in [0.2, 0.25) is 0 Å². The lowest BCUT2D eigenvalue weighted by atomic mass is 10.1. The zero-order valence-electron chi connectivity index (χ0n) is 11.3. The minimum absolute atomic E-state index is 0.0900. The Morgan fingerprint density at radius 2 is 1.89 bits per heavy atom. The van der Waals surface area contributed by atoms with E-state index in [0.717, 1.165) is 12.0 Å². The van der Waals surface area contributed by atoms with E-state index in [9.17, 15) is 8.42 Å². The summed E-state index contributed by atoms with van der Waals surface area (Å²) in [6.07, 6.45) is 1.33. The highest BCUT2D eigenvalue weighted by atomic mass is 32.2. The lowest BCUT2D eigenvalue weighted by Gasteiger charge is -2.19.